The fourth-order valence-electron chi connectivity index (χ4n) is 2.55. The van der Waals surface area contributed by atoms with Gasteiger partial charge in [-0.05, 0) is 33.6 Å². The summed E-state index contributed by atoms with van der Waals surface area (Å²) in [6.07, 6.45) is -3.90. The molecule has 0 aromatic carbocycles. The van der Waals surface area contributed by atoms with E-state index in [1.807, 2.05) is 5.32 Å². The highest BCUT2D eigenvalue weighted by molar-refractivity contribution is 5.94. The highest BCUT2D eigenvalue weighted by atomic mass is 16.4. The number of aliphatic carboxylic acids is 1. The third kappa shape index (κ3) is 10.9. The quantitative estimate of drug-likeness (QED) is 0.0642. The van der Waals surface area contributed by atoms with E-state index >= 15 is 0 Å². The average Bonchev–Trinajstić information content (AvgIpc) is 2.70. The minimum absolute atomic E-state index is 0.000453. The molecule has 0 radical (unpaired) electrons. The van der Waals surface area contributed by atoms with E-state index in [9.17, 15) is 34.5 Å². The lowest BCUT2D eigenvalue weighted by atomic mass is 10.1. The molecule has 0 aliphatic rings. The lowest BCUT2D eigenvalue weighted by Crippen LogP contribution is -2.61. The Balaban J connectivity index is 5.52. The summed E-state index contributed by atoms with van der Waals surface area (Å²) < 4.78 is 0. The van der Waals surface area contributed by atoms with Crippen LogP contribution in [0, 0.1) is 0 Å². The van der Waals surface area contributed by atoms with Crippen LogP contribution in [0.1, 0.15) is 33.6 Å². The van der Waals surface area contributed by atoms with E-state index in [4.69, 9.17) is 22.3 Å². The first-order chi connectivity index (χ1) is 15.2. The van der Waals surface area contributed by atoms with E-state index in [1.54, 1.807) is 0 Å². The van der Waals surface area contributed by atoms with Crippen molar-refractivity contribution >= 4 is 29.7 Å². The van der Waals surface area contributed by atoms with E-state index in [0.717, 1.165) is 6.92 Å². The number of nitrogens with zero attached hydrogens (tertiary/aromatic N) is 1. The number of amides is 3. The zero-order valence-electron chi connectivity index (χ0n) is 18.8. The number of carboxylic acid groups (broad SMARTS) is 1. The Labute approximate surface area is 190 Å². The molecule has 0 aromatic rings. The van der Waals surface area contributed by atoms with Crippen LogP contribution in [0.4, 0.5) is 0 Å². The second-order valence-electron chi connectivity index (χ2n) is 7.57. The molecule has 0 fully saturated rings. The van der Waals surface area contributed by atoms with Crippen molar-refractivity contribution in [3.63, 3.8) is 0 Å². The Kier molecular flexibility index (Phi) is 12.9. The van der Waals surface area contributed by atoms with Crippen molar-refractivity contribution in [3.05, 3.63) is 0 Å². The molecule has 0 aliphatic heterocycles. The van der Waals surface area contributed by atoms with Crippen molar-refractivity contribution in [1.29, 1.82) is 0 Å². The van der Waals surface area contributed by atoms with Crippen molar-refractivity contribution in [3.8, 4) is 0 Å². The minimum atomic E-state index is -1.69. The van der Waals surface area contributed by atoms with Crippen LogP contribution in [0.5, 0.6) is 0 Å². The van der Waals surface area contributed by atoms with Gasteiger partial charge in [-0.2, -0.15) is 0 Å². The molecule has 0 spiro atoms. The average molecular weight is 478 g/mol. The second-order valence-corrected chi connectivity index (χ2v) is 7.57. The van der Waals surface area contributed by atoms with E-state index in [0.29, 0.717) is 0 Å². The van der Waals surface area contributed by atoms with Crippen LogP contribution < -0.4 is 33.2 Å². The smallest absolute Gasteiger partial charge is 0.328 e. The Morgan fingerprint density at radius 2 is 1.33 bits per heavy atom. The number of hydrogen-bond donors (Lipinski definition) is 10. The lowest BCUT2D eigenvalue weighted by molar-refractivity contribution is -0.146. The standard InChI is InChI=1S/C18H35N7O8/c1-7(26)11(19)15(30)23-10(5-4-6-22-18(20)21)14(29)24-12(8(2)27)16(31)25-13(9(3)28)17(32)33/h7-13,26-28H,4-6,19H2,1-3H3,(H,23,30)(H,24,29)(H,25,31)(H,32,33)(H4,20,21,22). The summed E-state index contributed by atoms with van der Waals surface area (Å²) >= 11 is 0. The zero-order chi connectivity index (χ0) is 25.9. The van der Waals surface area contributed by atoms with Crippen molar-refractivity contribution in [2.75, 3.05) is 6.54 Å². The van der Waals surface area contributed by atoms with Crippen LogP contribution in [-0.2, 0) is 19.2 Å². The number of nitrogens with two attached hydrogens (primary N) is 3. The maximum absolute atomic E-state index is 12.8. The molecule has 15 heteroatoms. The Morgan fingerprint density at radius 3 is 1.76 bits per heavy atom. The highest BCUT2D eigenvalue weighted by Crippen LogP contribution is 2.04. The number of aliphatic hydroxyl groups is 3. The maximum Gasteiger partial charge on any atom is 0.328 e. The molecule has 33 heavy (non-hydrogen) atoms. The number of carboxylic acids is 1. The van der Waals surface area contributed by atoms with Gasteiger partial charge in [-0.1, -0.05) is 0 Å². The van der Waals surface area contributed by atoms with Gasteiger partial charge < -0.3 is 53.6 Å². The number of rotatable bonds is 14. The second kappa shape index (κ2) is 14.2. The van der Waals surface area contributed by atoms with Gasteiger partial charge in [-0.3, -0.25) is 19.4 Å². The van der Waals surface area contributed by atoms with Crippen LogP contribution in [0.25, 0.3) is 0 Å². The van der Waals surface area contributed by atoms with Gasteiger partial charge in [0, 0.05) is 6.54 Å². The van der Waals surface area contributed by atoms with Gasteiger partial charge >= 0.3 is 5.97 Å². The van der Waals surface area contributed by atoms with Crippen molar-refractivity contribution in [2.45, 2.75) is 76.1 Å². The van der Waals surface area contributed by atoms with Gasteiger partial charge in [0.1, 0.15) is 18.1 Å². The molecule has 0 saturated carbocycles. The summed E-state index contributed by atoms with van der Waals surface area (Å²) in [6.45, 7) is 3.73. The van der Waals surface area contributed by atoms with E-state index < -0.39 is 66.2 Å². The van der Waals surface area contributed by atoms with Crippen LogP contribution in [0.2, 0.25) is 0 Å². The molecule has 13 N–H and O–H groups in total. The molecule has 0 aliphatic carbocycles. The van der Waals surface area contributed by atoms with Crippen LogP contribution in [0.15, 0.2) is 4.99 Å². The third-order valence-corrected chi connectivity index (χ3v) is 4.51. The Morgan fingerprint density at radius 1 is 0.818 bits per heavy atom. The molecule has 0 heterocycles. The van der Waals surface area contributed by atoms with Gasteiger partial charge in [-0.25, -0.2) is 4.79 Å². The first-order valence-electron chi connectivity index (χ1n) is 10.2. The maximum atomic E-state index is 12.8. The Bertz CT molecular complexity index is 710. The zero-order valence-corrected chi connectivity index (χ0v) is 18.8. The first-order valence-corrected chi connectivity index (χ1v) is 10.2. The van der Waals surface area contributed by atoms with Crippen LogP contribution >= 0.6 is 0 Å². The molecular formula is C18H35N7O8. The molecule has 3 amide bonds. The summed E-state index contributed by atoms with van der Waals surface area (Å²) in [4.78, 5) is 52.5. The summed E-state index contributed by atoms with van der Waals surface area (Å²) in [5.41, 5.74) is 16.1. The number of aliphatic imine (C=N–C) groups is 1. The molecule has 0 aromatic heterocycles. The molecular weight excluding hydrogens is 442 g/mol. The molecule has 0 bridgehead atoms. The molecule has 15 nitrogen and oxygen atoms in total. The normalized spacial score (nSPS) is 17.3. The topological polar surface area (TPSA) is 276 Å². The number of guanidine groups is 1. The van der Waals surface area contributed by atoms with Crippen molar-refractivity contribution in [2.24, 2.45) is 22.2 Å². The van der Waals surface area contributed by atoms with E-state index in [-0.39, 0.29) is 25.3 Å². The largest absolute Gasteiger partial charge is 0.480 e. The summed E-state index contributed by atoms with van der Waals surface area (Å²) in [5, 5.41) is 44.7. The molecule has 0 rings (SSSR count). The number of carbonyl (C=O) groups is 4. The number of hydrogen-bond acceptors (Lipinski definition) is 9. The Hall–Kier alpha value is -3.01. The van der Waals surface area contributed by atoms with E-state index in [1.165, 1.54) is 13.8 Å². The van der Waals surface area contributed by atoms with Crippen molar-refractivity contribution in [1.82, 2.24) is 16.0 Å². The number of aliphatic hydroxyl groups excluding tert-OH is 3. The molecule has 7 unspecified atom stereocenters. The predicted octanol–water partition coefficient (Wildman–Crippen LogP) is -4.95. The number of carbonyl (C=O) groups excluding carboxylic acids is 3. The number of nitrogens with one attached hydrogen (secondary N) is 3. The fraction of sp³-hybridized carbons (Fsp3) is 0.722. The SMILES string of the molecule is CC(O)C(N)C(=O)NC(CCCN=C(N)N)C(=O)NC(C(=O)NC(C(=O)O)C(C)O)C(C)O. The van der Waals surface area contributed by atoms with Crippen molar-refractivity contribution < 1.29 is 39.6 Å². The van der Waals surface area contributed by atoms with Gasteiger partial charge in [-0.15, -0.1) is 0 Å². The summed E-state index contributed by atoms with van der Waals surface area (Å²) in [6, 6.07) is -5.88. The van der Waals surface area contributed by atoms with Gasteiger partial charge in [0.2, 0.25) is 17.7 Å². The molecule has 7 atom stereocenters. The van der Waals surface area contributed by atoms with Crippen LogP contribution in [-0.4, -0.2) is 99.1 Å². The van der Waals surface area contributed by atoms with Gasteiger partial charge in [0.15, 0.2) is 12.0 Å². The van der Waals surface area contributed by atoms with Crippen LogP contribution in [0.3, 0.4) is 0 Å². The van der Waals surface area contributed by atoms with Gasteiger partial charge in [0.05, 0.1) is 18.3 Å². The first kappa shape index (κ1) is 30.0. The molecule has 0 saturated heterocycles. The molecule has 190 valence electrons. The third-order valence-electron chi connectivity index (χ3n) is 4.51. The predicted molar refractivity (Wildman–Crippen MR) is 116 cm³/mol. The lowest BCUT2D eigenvalue weighted by Gasteiger charge is -2.27. The van der Waals surface area contributed by atoms with E-state index in [2.05, 4.69) is 15.6 Å². The summed E-state index contributed by atoms with van der Waals surface area (Å²) in [7, 11) is 0. The fourth-order valence-corrected chi connectivity index (χ4v) is 2.55. The minimum Gasteiger partial charge on any atom is -0.480 e. The highest BCUT2D eigenvalue weighted by Gasteiger charge is 2.34. The monoisotopic (exact) mass is 477 g/mol. The summed E-state index contributed by atoms with van der Waals surface area (Å²) in [5.74, 6) is -4.50. The van der Waals surface area contributed by atoms with Gasteiger partial charge in [0.25, 0.3) is 0 Å².